The van der Waals surface area contributed by atoms with Crippen molar-refractivity contribution >= 4 is 5.69 Å². The van der Waals surface area contributed by atoms with Gasteiger partial charge in [-0.05, 0) is 36.2 Å². The highest BCUT2D eigenvalue weighted by atomic mass is 16.5. The van der Waals surface area contributed by atoms with Crippen molar-refractivity contribution in [2.24, 2.45) is 0 Å². The highest BCUT2D eigenvalue weighted by Gasteiger charge is 2.21. The summed E-state index contributed by atoms with van der Waals surface area (Å²) in [6.45, 7) is 2.77. The third-order valence-corrected chi connectivity index (χ3v) is 3.23. The van der Waals surface area contributed by atoms with E-state index in [2.05, 4.69) is 29.4 Å². The van der Waals surface area contributed by atoms with Gasteiger partial charge in [0.25, 0.3) is 0 Å². The molecule has 0 fully saturated rings. The molecule has 0 amide bonds. The van der Waals surface area contributed by atoms with Crippen molar-refractivity contribution in [3.8, 4) is 5.75 Å². The van der Waals surface area contributed by atoms with Crippen LogP contribution in [0.4, 0.5) is 5.69 Å². The molecule has 1 atom stereocenters. The summed E-state index contributed by atoms with van der Waals surface area (Å²) >= 11 is 0. The van der Waals surface area contributed by atoms with Crippen LogP contribution in [0.15, 0.2) is 42.6 Å². The Labute approximate surface area is 107 Å². The lowest BCUT2D eigenvalue weighted by Crippen LogP contribution is -2.24. The van der Waals surface area contributed by atoms with Crippen LogP contribution in [0.3, 0.4) is 0 Å². The molecule has 92 valence electrons. The molecule has 1 aromatic heterocycles. The second kappa shape index (κ2) is 4.69. The zero-order chi connectivity index (χ0) is 12.4. The van der Waals surface area contributed by atoms with Gasteiger partial charge in [0.05, 0.1) is 11.4 Å². The van der Waals surface area contributed by atoms with Crippen molar-refractivity contribution in [3.63, 3.8) is 0 Å². The van der Waals surface area contributed by atoms with Crippen molar-refractivity contribution in [2.75, 3.05) is 11.9 Å². The minimum atomic E-state index is 0.130. The SMILES string of the molecule is CCc1ccc2c(c1)NC(c1ccccn1)CO2. The monoisotopic (exact) mass is 240 g/mol. The number of pyridine rings is 1. The lowest BCUT2D eigenvalue weighted by atomic mass is 10.1. The number of aryl methyl sites for hydroxylation is 1. The first-order valence-corrected chi connectivity index (χ1v) is 6.30. The molecule has 0 saturated carbocycles. The van der Waals surface area contributed by atoms with Gasteiger partial charge in [-0.3, -0.25) is 4.98 Å². The van der Waals surface area contributed by atoms with E-state index < -0.39 is 0 Å². The summed E-state index contributed by atoms with van der Waals surface area (Å²) in [4.78, 5) is 4.38. The molecule has 18 heavy (non-hydrogen) atoms. The Kier molecular flexibility index (Phi) is 2.89. The first kappa shape index (κ1) is 11.1. The van der Waals surface area contributed by atoms with Crippen LogP contribution in [0.25, 0.3) is 0 Å². The van der Waals surface area contributed by atoms with Gasteiger partial charge in [-0.15, -0.1) is 0 Å². The zero-order valence-electron chi connectivity index (χ0n) is 10.4. The molecule has 3 heteroatoms. The summed E-state index contributed by atoms with van der Waals surface area (Å²) in [7, 11) is 0. The summed E-state index contributed by atoms with van der Waals surface area (Å²) in [5, 5.41) is 3.50. The third-order valence-electron chi connectivity index (χ3n) is 3.23. The van der Waals surface area contributed by atoms with Crippen molar-refractivity contribution in [1.82, 2.24) is 4.98 Å². The van der Waals surface area contributed by atoms with Crippen LogP contribution in [0, 0.1) is 0 Å². The van der Waals surface area contributed by atoms with E-state index in [4.69, 9.17) is 4.74 Å². The van der Waals surface area contributed by atoms with Gasteiger partial charge >= 0.3 is 0 Å². The Balaban J connectivity index is 1.88. The van der Waals surface area contributed by atoms with Gasteiger partial charge in [-0.1, -0.05) is 19.1 Å². The minimum Gasteiger partial charge on any atom is -0.489 e. The lowest BCUT2D eigenvalue weighted by Gasteiger charge is -2.27. The second-order valence-electron chi connectivity index (χ2n) is 4.45. The molecule has 3 nitrogen and oxygen atoms in total. The van der Waals surface area contributed by atoms with Crippen LogP contribution >= 0.6 is 0 Å². The molecule has 1 N–H and O–H groups in total. The maximum atomic E-state index is 5.79. The van der Waals surface area contributed by atoms with E-state index in [0.29, 0.717) is 6.61 Å². The average Bonchev–Trinajstić information content (AvgIpc) is 2.47. The molecule has 0 saturated heterocycles. The maximum Gasteiger partial charge on any atom is 0.142 e. The van der Waals surface area contributed by atoms with Gasteiger partial charge in [0.2, 0.25) is 0 Å². The van der Waals surface area contributed by atoms with Crippen LogP contribution in [0.1, 0.15) is 24.2 Å². The first-order chi connectivity index (χ1) is 8.86. The predicted octanol–water partition coefficient (Wildman–Crippen LogP) is 3.19. The molecule has 0 aliphatic carbocycles. The van der Waals surface area contributed by atoms with E-state index in [0.717, 1.165) is 23.6 Å². The summed E-state index contributed by atoms with van der Waals surface area (Å²) in [5.74, 6) is 0.930. The number of fused-ring (bicyclic) bond motifs is 1. The fourth-order valence-electron chi connectivity index (χ4n) is 2.18. The minimum absolute atomic E-state index is 0.130. The standard InChI is InChI=1S/C15H16N2O/c1-2-11-6-7-15-13(9-11)17-14(10-18-15)12-5-3-4-8-16-12/h3-9,14,17H,2,10H2,1H3. The van der Waals surface area contributed by atoms with Gasteiger partial charge < -0.3 is 10.1 Å². The van der Waals surface area contributed by atoms with Gasteiger partial charge in [-0.25, -0.2) is 0 Å². The summed E-state index contributed by atoms with van der Waals surface area (Å²) < 4.78 is 5.79. The van der Waals surface area contributed by atoms with E-state index in [9.17, 15) is 0 Å². The lowest BCUT2D eigenvalue weighted by molar-refractivity contribution is 0.284. The molecule has 1 aliphatic rings. The Bertz CT molecular complexity index is 539. The van der Waals surface area contributed by atoms with Crippen molar-refractivity contribution in [2.45, 2.75) is 19.4 Å². The summed E-state index contributed by atoms with van der Waals surface area (Å²) in [6, 6.07) is 12.4. The number of benzene rings is 1. The van der Waals surface area contributed by atoms with Crippen molar-refractivity contribution in [1.29, 1.82) is 0 Å². The van der Waals surface area contributed by atoms with Crippen LogP contribution in [0.2, 0.25) is 0 Å². The number of nitrogens with zero attached hydrogens (tertiary/aromatic N) is 1. The number of hydrogen-bond donors (Lipinski definition) is 1. The van der Waals surface area contributed by atoms with Crippen molar-refractivity contribution < 1.29 is 4.74 Å². The molecule has 1 unspecified atom stereocenters. The van der Waals surface area contributed by atoms with Crippen LogP contribution < -0.4 is 10.1 Å². The molecule has 2 heterocycles. The molecule has 1 aliphatic heterocycles. The van der Waals surface area contributed by atoms with Crippen LogP contribution in [-0.2, 0) is 6.42 Å². The Morgan fingerprint density at radius 3 is 3.06 bits per heavy atom. The smallest absolute Gasteiger partial charge is 0.142 e. The quantitative estimate of drug-likeness (QED) is 0.875. The molecular weight excluding hydrogens is 224 g/mol. The van der Waals surface area contributed by atoms with E-state index in [1.165, 1.54) is 5.56 Å². The highest BCUT2D eigenvalue weighted by molar-refractivity contribution is 5.60. The Morgan fingerprint density at radius 2 is 2.28 bits per heavy atom. The van der Waals surface area contributed by atoms with Gasteiger partial charge in [0.1, 0.15) is 18.4 Å². The number of aromatic nitrogens is 1. The van der Waals surface area contributed by atoms with Crippen molar-refractivity contribution in [3.05, 3.63) is 53.9 Å². The van der Waals surface area contributed by atoms with E-state index in [1.54, 1.807) is 0 Å². The van der Waals surface area contributed by atoms with E-state index in [-0.39, 0.29) is 6.04 Å². The summed E-state index contributed by atoms with van der Waals surface area (Å²) in [6.07, 6.45) is 2.85. The zero-order valence-corrected chi connectivity index (χ0v) is 10.4. The summed E-state index contributed by atoms with van der Waals surface area (Å²) in [5.41, 5.74) is 3.40. The normalized spacial score (nSPS) is 17.5. The molecule has 1 aromatic carbocycles. The number of anilines is 1. The largest absolute Gasteiger partial charge is 0.489 e. The fourth-order valence-corrected chi connectivity index (χ4v) is 2.18. The maximum absolute atomic E-state index is 5.79. The van der Waals surface area contributed by atoms with Gasteiger partial charge in [0.15, 0.2) is 0 Å². The van der Waals surface area contributed by atoms with Gasteiger partial charge in [-0.2, -0.15) is 0 Å². The Hall–Kier alpha value is -2.03. The fraction of sp³-hybridized carbons (Fsp3) is 0.267. The average molecular weight is 240 g/mol. The third kappa shape index (κ3) is 2.04. The number of nitrogens with one attached hydrogen (secondary N) is 1. The van der Waals surface area contributed by atoms with E-state index in [1.807, 2.05) is 30.5 Å². The van der Waals surface area contributed by atoms with Gasteiger partial charge in [0, 0.05) is 6.20 Å². The predicted molar refractivity (Wildman–Crippen MR) is 71.9 cm³/mol. The molecule has 2 aromatic rings. The molecule has 0 bridgehead atoms. The topological polar surface area (TPSA) is 34.2 Å². The second-order valence-corrected chi connectivity index (χ2v) is 4.45. The van der Waals surface area contributed by atoms with Crippen LogP contribution in [-0.4, -0.2) is 11.6 Å². The number of rotatable bonds is 2. The highest BCUT2D eigenvalue weighted by Crippen LogP contribution is 2.33. The molecule has 0 spiro atoms. The number of hydrogen-bond acceptors (Lipinski definition) is 3. The molecule has 3 rings (SSSR count). The first-order valence-electron chi connectivity index (χ1n) is 6.30. The van der Waals surface area contributed by atoms with Crippen LogP contribution in [0.5, 0.6) is 5.75 Å². The molecule has 0 radical (unpaired) electrons. The molecular formula is C15H16N2O. The number of ether oxygens (including phenoxy) is 1. The Morgan fingerprint density at radius 1 is 1.33 bits per heavy atom. The van der Waals surface area contributed by atoms with E-state index >= 15 is 0 Å².